The van der Waals surface area contributed by atoms with Crippen LogP contribution in [0.1, 0.15) is 62.9 Å². The second-order valence-electron chi connectivity index (χ2n) is 8.35. The summed E-state index contributed by atoms with van der Waals surface area (Å²) in [6.45, 7) is 7.53. The van der Waals surface area contributed by atoms with E-state index in [-0.39, 0.29) is 11.8 Å². The van der Waals surface area contributed by atoms with Gasteiger partial charge in [-0.15, -0.1) is 10.2 Å². The van der Waals surface area contributed by atoms with E-state index in [4.69, 9.17) is 0 Å². The van der Waals surface area contributed by atoms with E-state index in [9.17, 15) is 9.59 Å². The maximum atomic E-state index is 13.1. The third kappa shape index (κ3) is 3.99. The highest BCUT2D eigenvalue weighted by Gasteiger charge is 2.32. The van der Waals surface area contributed by atoms with Gasteiger partial charge in [0.25, 0.3) is 5.91 Å². The van der Waals surface area contributed by atoms with Crippen molar-refractivity contribution in [2.24, 2.45) is 5.10 Å². The van der Waals surface area contributed by atoms with Crippen LogP contribution in [0.5, 0.6) is 0 Å². The summed E-state index contributed by atoms with van der Waals surface area (Å²) in [6, 6.07) is 7.93. The second-order valence-corrected chi connectivity index (χ2v) is 8.35. The minimum atomic E-state index is -0.0797. The lowest BCUT2D eigenvalue weighted by Gasteiger charge is -2.33. The first-order chi connectivity index (χ1) is 14.4. The Morgan fingerprint density at radius 3 is 2.63 bits per heavy atom. The van der Waals surface area contributed by atoms with Crippen molar-refractivity contribution < 1.29 is 9.59 Å². The Kier molecular flexibility index (Phi) is 5.65. The molecule has 30 heavy (non-hydrogen) atoms. The Morgan fingerprint density at radius 2 is 1.93 bits per heavy atom. The number of hydrogen-bond donors (Lipinski definition) is 0. The van der Waals surface area contributed by atoms with Crippen LogP contribution in [0.25, 0.3) is 0 Å². The number of likely N-dealkylation sites (tertiary alicyclic amines) is 1. The number of nitrogens with zero attached hydrogens (tertiary/aromatic N) is 6. The normalized spacial score (nSPS) is 18.1. The van der Waals surface area contributed by atoms with E-state index in [1.165, 1.54) is 5.01 Å². The SMILES string of the molecule is Cc1cccc(N2N=C(C(=O)N3CCC(c4nncn4C(C)C)CC3)CCC2=O)c1. The minimum absolute atomic E-state index is 0.0658. The van der Waals surface area contributed by atoms with Gasteiger partial charge in [0.15, 0.2) is 0 Å². The molecule has 158 valence electrons. The van der Waals surface area contributed by atoms with Crippen LogP contribution >= 0.6 is 0 Å². The number of carbonyl (C=O) groups is 2. The van der Waals surface area contributed by atoms with Gasteiger partial charge in [0.1, 0.15) is 17.9 Å². The number of aromatic nitrogens is 3. The van der Waals surface area contributed by atoms with Crippen LogP contribution in [0, 0.1) is 6.92 Å². The fraction of sp³-hybridized carbons (Fsp3) is 0.500. The molecule has 2 aliphatic rings. The van der Waals surface area contributed by atoms with Crippen molar-refractivity contribution in [1.82, 2.24) is 19.7 Å². The lowest BCUT2D eigenvalue weighted by atomic mass is 9.95. The van der Waals surface area contributed by atoms with Crippen LogP contribution in [0.4, 0.5) is 5.69 Å². The number of benzene rings is 1. The number of piperidine rings is 1. The van der Waals surface area contributed by atoms with Crippen molar-refractivity contribution in [3.63, 3.8) is 0 Å². The van der Waals surface area contributed by atoms with Gasteiger partial charge >= 0.3 is 0 Å². The third-order valence-corrected chi connectivity index (χ3v) is 5.83. The zero-order chi connectivity index (χ0) is 21.3. The van der Waals surface area contributed by atoms with Crippen molar-refractivity contribution >= 4 is 23.2 Å². The van der Waals surface area contributed by atoms with Gasteiger partial charge in [-0.05, 0) is 51.3 Å². The summed E-state index contributed by atoms with van der Waals surface area (Å²) in [5.41, 5.74) is 2.21. The van der Waals surface area contributed by atoms with Crippen LogP contribution < -0.4 is 5.01 Å². The molecule has 8 heteroatoms. The zero-order valence-corrected chi connectivity index (χ0v) is 17.8. The van der Waals surface area contributed by atoms with Crippen LogP contribution in [-0.2, 0) is 9.59 Å². The van der Waals surface area contributed by atoms with Crippen LogP contribution in [0.2, 0.25) is 0 Å². The largest absolute Gasteiger partial charge is 0.337 e. The number of carbonyl (C=O) groups excluding carboxylic acids is 2. The molecule has 0 atom stereocenters. The molecule has 2 aliphatic heterocycles. The molecular weight excluding hydrogens is 380 g/mol. The molecule has 0 unspecified atom stereocenters. The predicted octanol–water partition coefficient (Wildman–Crippen LogP) is 3.06. The average molecular weight is 409 g/mol. The molecule has 3 heterocycles. The molecule has 1 fully saturated rings. The highest BCUT2D eigenvalue weighted by Crippen LogP contribution is 2.29. The first kappa shape index (κ1) is 20.3. The number of anilines is 1. The van der Waals surface area contributed by atoms with E-state index >= 15 is 0 Å². The Morgan fingerprint density at radius 1 is 1.17 bits per heavy atom. The summed E-state index contributed by atoms with van der Waals surface area (Å²) >= 11 is 0. The third-order valence-electron chi connectivity index (χ3n) is 5.83. The van der Waals surface area contributed by atoms with Gasteiger partial charge in [-0.2, -0.15) is 5.10 Å². The molecule has 2 amide bonds. The van der Waals surface area contributed by atoms with E-state index in [1.807, 2.05) is 36.1 Å². The summed E-state index contributed by atoms with van der Waals surface area (Å²) in [5.74, 6) is 1.16. The van der Waals surface area contributed by atoms with Crippen LogP contribution in [-0.4, -0.2) is 50.3 Å². The summed E-state index contributed by atoms with van der Waals surface area (Å²) in [6.07, 6.45) is 4.18. The lowest BCUT2D eigenvalue weighted by molar-refractivity contribution is -0.125. The summed E-state index contributed by atoms with van der Waals surface area (Å²) in [7, 11) is 0. The summed E-state index contributed by atoms with van der Waals surface area (Å²) in [5, 5.41) is 14.2. The maximum Gasteiger partial charge on any atom is 0.270 e. The number of hydrazone groups is 1. The summed E-state index contributed by atoms with van der Waals surface area (Å²) < 4.78 is 2.11. The maximum absolute atomic E-state index is 13.1. The lowest BCUT2D eigenvalue weighted by Crippen LogP contribution is -2.44. The van der Waals surface area contributed by atoms with Gasteiger partial charge in [-0.3, -0.25) is 9.59 Å². The van der Waals surface area contributed by atoms with E-state index in [2.05, 4.69) is 33.7 Å². The van der Waals surface area contributed by atoms with E-state index in [0.29, 0.717) is 49.3 Å². The Bertz CT molecular complexity index is 972. The van der Waals surface area contributed by atoms with E-state index in [0.717, 1.165) is 24.2 Å². The fourth-order valence-corrected chi connectivity index (χ4v) is 4.13. The predicted molar refractivity (Wildman–Crippen MR) is 114 cm³/mol. The molecule has 1 aromatic carbocycles. The van der Waals surface area contributed by atoms with Crippen molar-refractivity contribution in [3.8, 4) is 0 Å². The van der Waals surface area contributed by atoms with Crippen LogP contribution in [0.15, 0.2) is 35.7 Å². The fourth-order valence-electron chi connectivity index (χ4n) is 4.13. The topological polar surface area (TPSA) is 83.7 Å². The standard InChI is InChI=1S/C22H28N6O2/c1-15(2)27-14-23-24-21(27)17-9-11-26(12-10-17)22(30)19-7-8-20(29)28(25-19)18-6-4-5-16(3)13-18/h4-6,13-15,17H,7-12H2,1-3H3. The van der Waals surface area contributed by atoms with Crippen molar-refractivity contribution in [3.05, 3.63) is 42.0 Å². The Hall–Kier alpha value is -3.03. The Balaban J connectivity index is 1.45. The number of aryl methyl sites for hydroxylation is 1. The molecule has 0 spiro atoms. The first-order valence-electron chi connectivity index (χ1n) is 10.6. The zero-order valence-electron chi connectivity index (χ0n) is 17.8. The highest BCUT2D eigenvalue weighted by atomic mass is 16.2. The molecule has 4 rings (SSSR count). The van der Waals surface area contributed by atoms with Gasteiger partial charge in [0, 0.05) is 37.9 Å². The Labute approximate surface area is 176 Å². The van der Waals surface area contributed by atoms with Gasteiger partial charge in [-0.25, -0.2) is 5.01 Å². The smallest absolute Gasteiger partial charge is 0.270 e. The molecule has 1 aromatic heterocycles. The van der Waals surface area contributed by atoms with E-state index in [1.54, 1.807) is 6.33 Å². The van der Waals surface area contributed by atoms with E-state index < -0.39 is 0 Å². The molecule has 2 aromatic rings. The molecule has 0 radical (unpaired) electrons. The van der Waals surface area contributed by atoms with Crippen molar-refractivity contribution in [2.75, 3.05) is 18.1 Å². The molecule has 0 saturated carbocycles. The van der Waals surface area contributed by atoms with Crippen molar-refractivity contribution in [1.29, 1.82) is 0 Å². The molecule has 0 bridgehead atoms. The molecule has 0 N–H and O–H groups in total. The van der Waals surface area contributed by atoms with Gasteiger partial charge < -0.3 is 9.47 Å². The first-order valence-corrected chi connectivity index (χ1v) is 10.6. The van der Waals surface area contributed by atoms with Gasteiger partial charge in [0.2, 0.25) is 5.91 Å². The number of rotatable bonds is 4. The molecule has 0 aliphatic carbocycles. The number of hydrogen-bond acceptors (Lipinski definition) is 5. The summed E-state index contributed by atoms with van der Waals surface area (Å²) in [4.78, 5) is 27.3. The molecule has 1 saturated heterocycles. The van der Waals surface area contributed by atoms with Gasteiger partial charge in [-0.1, -0.05) is 12.1 Å². The second kappa shape index (κ2) is 8.38. The highest BCUT2D eigenvalue weighted by molar-refractivity contribution is 6.40. The average Bonchev–Trinajstić information content (AvgIpc) is 3.24. The molecular formula is C22H28N6O2. The van der Waals surface area contributed by atoms with Crippen LogP contribution in [0.3, 0.4) is 0 Å². The minimum Gasteiger partial charge on any atom is -0.337 e. The number of amides is 2. The van der Waals surface area contributed by atoms with Gasteiger partial charge in [0.05, 0.1) is 5.69 Å². The monoisotopic (exact) mass is 408 g/mol. The quantitative estimate of drug-likeness (QED) is 0.778. The van der Waals surface area contributed by atoms with Crippen molar-refractivity contribution in [2.45, 2.75) is 58.4 Å². The molecule has 8 nitrogen and oxygen atoms in total.